The highest BCUT2D eigenvalue weighted by Gasteiger charge is 2.31. The van der Waals surface area contributed by atoms with Crippen LogP contribution in [0.25, 0.3) is 0 Å². The Hall–Kier alpha value is -2.41. The third-order valence-electron chi connectivity index (χ3n) is 4.58. The average Bonchev–Trinajstić information content (AvgIpc) is 2.62. The molecule has 1 heterocycles. The van der Waals surface area contributed by atoms with Crippen LogP contribution in [0.15, 0.2) is 42.5 Å². The Kier molecular flexibility index (Phi) is 5.79. The Morgan fingerprint density at radius 2 is 1.78 bits per heavy atom. The molecule has 0 atom stereocenters. The molecule has 0 aromatic heterocycles. The molecular weight excluding hydrogens is 360 g/mol. The zero-order chi connectivity index (χ0) is 19.4. The second-order valence-corrected chi connectivity index (χ2v) is 6.68. The van der Waals surface area contributed by atoms with E-state index in [1.165, 1.54) is 19.3 Å². The SMILES string of the molecule is O=C(Nc1cccc(CN2CCCCC2)c1)c1ccc(C(F)(F)F)cc1F. The van der Waals surface area contributed by atoms with Crippen molar-refractivity contribution in [2.24, 2.45) is 0 Å². The van der Waals surface area contributed by atoms with Gasteiger partial charge in [0, 0.05) is 12.2 Å². The maximum Gasteiger partial charge on any atom is 0.416 e. The highest BCUT2D eigenvalue weighted by Crippen LogP contribution is 2.30. The van der Waals surface area contributed by atoms with E-state index in [1.807, 2.05) is 6.07 Å². The van der Waals surface area contributed by atoms with E-state index in [4.69, 9.17) is 0 Å². The summed E-state index contributed by atoms with van der Waals surface area (Å²) in [4.78, 5) is 14.6. The molecule has 1 aliphatic rings. The van der Waals surface area contributed by atoms with Crippen molar-refractivity contribution in [2.45, 2.75) is 32.0 Å². The number of rotatable bonds is 4. The minimum absolute atomic E-state index is 0.335. The summed E-state index contributed by atoms with van der Waals surface area (Å²) < 4.78 is 51.8. The number of nitrogens with zero attached hydrogens (tertiary/aromatic N) is 1. The first-order valence-corrected chi connectivity index (χ1v) is 8.82. The number of amides is 1. The second kappa shape index (κ2) is 8.08. The summed E-state index contributed by atoms with van der Waals surface area (Å²) in [5, 5.41) is 2.56. The molecule has 144 valence electrons. The summed E-state index contributed by atoms with van der Waals surface area (Å²) in [7, 11) is 0. The van der Waals surface area contributed by atoms with Gasteiger partial charge in [-0.25, -0.2) is 4.39 Å². The first kappa shape index (κ1) is 19.4. The molecule has 7 heteroatoms. The molecule has 1 N–H and O–H groups in total. The number of alkyl halides is 3. The number of likely N-dealkylation sites (tertiary alicyclic amines) is 1. The van der Waals surface area contributed by atoms with Gasteiger partial charge in [-0.2, -0.15) is 13.2 Å². The van der Waals surface area contributed by atoms with Crippen molar-refractivity contribution in [3.8, 4) is 0 Å². The maximum absolute atomic E-state index is 14.0. The van der Waals surface area contributed by atoms with E-state index in [0.717, 1.165) is 31.3 Å². The van der Waals surface area contributed by atoms with Gasteiger partial charge in [-0.15, -0.1) is 0 Å². The molecule has 1 fully saturated rings. The number of halogens is 4. The Morgan fingerprint density at radius 3 is 2.44 bits per heavy atom. The topological polar surface area (TPSA) is 32.3 Å². The van der Waals surface area contributed by atoms with Crippen LogP contribution >= 0.6 is 0 Å². The van der Waals surface area contributed by atoms with Crippen molar-refractivity contribution in [3.05, 3.63) is 65.0 Å². The predicted molar refractivity (Wildman–Crippen MR) is 94.9 cm³/mol. The normalized spacial score (nSPS) is 15.6. The van der Waals surface area contributed by atoms with E-state index < -0.39 is 29.0 Å². The fraction of sp³-hybridized carbons (Fsp3) is 0.350. The van der Waals surface area contributed by atoms with Gasteiger partial charge in [0.05, 0.1) is 11.1 Å². The lowest BCUT2D eigenvalue weighted by Crippen LogP contribution is -2.29. The van der Waals surface area contributed by atoms with Crippen LogP contribution in [0.5, 0.6) is 0 Å². The summed E-state index contributed by atoms with van der Waals surface area (Å²) in [6.07, 6.45) is -1.07. The van der Waals surface area contributed by atoms with Crippen molar-refractivity contribution in [1.29, 1.82) is 0 Å². The van der Waals surface area contributed by atoms with Gasteiger partial charge in [-0.1, -0.05) is 18.6 Å². The highest BCUT2D eigenvalue weighted by atomic mass is 19.4. The van der Waals surface area contributed by atoms with Crippen LogP contribution in [0.4, 0.5) is 23.2 Å². The van der Waals surface area contributed by atoms with Crippen LogP contribution in [0.3, 0.4) is 0 Å². The molecule has 0 aliphatic carbocycles. The van der Waals surface area contributed by atoms with E-state index in [0.29, 0.717) is 17.8 Å². The second-order valence-electron chi connectivity index (χ2n) is 6.68. The van der Waals surface area contributed by atoms with Crippen molar-refractivity contribution in [1.82, 2.24) is 4.90 Å². The Bertz CT molecular complexity index is 814. The third kappa shape index (κ3) is 5.07. The summed E-state index contributed by atoms with van der Waals surface area (Å²) in [6, 6.07) is 9.09. The summed E-state index contributed by atoms with van der Waals surface area (Å²) >= 11 is 0. The van der Waals surface area contributed by atoms with E-state index in [2.05, 4.69) is 10.2 Å². The number of benzene rings is 2. The van der Waals surface area contributed by atoms with Gasteiger partial charge in [-0.05, 0) is 61.8 Å². The fourth-order valence-electron chi connectivity index (χ4n) is 3.20. The monoisotopic (exact) mass is 380 g/mol. The minimum atomic E-state index is -4.65. The fourth-order valence-corrected chi connectivity index (χ4v) is 3.20. The smallest absolute Gasteiger partial charge is 0.322 e. The standard InChI is InChI=1S/C20H20F4N2O/c21-18-12-15(20(22,23)24)7-8-17(18)19(27)25-16-6-4-5-14(11-16)13-26-9-2-1-3-10-26/h4-8,11-12H,1-3,9-10,13H2,(H,25,27). The van der Waals surface area contributed by atoms with Crippen LogP contribution in [0.1, 0.15) is 40.7 Å². The van der Waals surface area contributed by atoms with E-state index in [9.17, 15) is 22.4 Å². The Labute approximate surface area is 155 Å². The quantitative estimate of drug-likeness (QED) is 0.750. The molecule has 0 unspecified atom stereocenters. The van der Waals surface area contributed by atoms with Crippen molar-refractivity contribution in [3.63, 3.8) is 0 Å². The van der Waals surface area contributed by atoms with E-state index in [1.54, 1.807) is 18.2 Å². The largest absolute Gasteiger partial charge is 0.416 e. The molecule has 2 aromatic carbocycles. The predicted octanol–water partition coefficient (Wildman–Crippen LogP) is 5.08. The molecule has 0 spiro atoms. The zero-order valence-corrected chi connectivity index (χ0v) is 14.7. The summed E-state index contributed by atoms with van der Waals surface area (Å²) in [6.45, 7) is 2.83. The minimum Gasteiger partial charge on any atom is -0.322 e. The average molecular weight is 380 g/mol. The molecule has 0 bridgehead atoms. The van der Waals surface area contributed by atoms with Gasteiger partial charge in [0.25, 0.3) is 5.91 Å². The Morgan fingerprint density at radius 1 is 1.04 bits per heavy atom. The van der Waals surface area contributed by atoms with Gasteiger partial charge in [0.1, 0.15) is 5.82 Å². The van der Waals surface area contributed by atoms with Crippen LogP contribution in [0, 0.1) is 5.82 Å². The lowest BCUT2D eigenvalue weighted by atomic mass is 10.1. The first-order chi connectivity index (χ1) is 12.8. The Balaban J connectivity index is 1.69. The van der Waals surface area contributed by atoms with Crippen molar-refractivity contribution >= 4 is 11.6 Å². The van der Waals surface area contributed by atoms with E-state index in [-0.39, 0.29) is 0 Å². The number of hydrogen-bond donors (Lipinski definition) is 1. The number of carbonyl (C=O) groups is 1. The van der Waals surface area contributed by atoms with Crippen LogP contribution in [0.2, 0.25) is 0 Å². The van der Waals surface area contributed by atoms with Gasteiger partial charge in [-0.3, -0.25) is 9.69 Å². The molecule has 1 aliphatic heterocycles. The number of hydrogen-bond acceptors (Lipinski definition) is 2. The zero-order valence-electron chi connectivity index (χ0n) is 14.7. The molecule has 3 nitrogen and oxygen atoms in total. The molecule has 3 rings (SSSR count). The first-order valence-electron chi connectivity index (χ1n) is 8.82. The number of piperidine rings is 1. The maximum atomic E-state index is 14.0. The van der Waals surface area contributed by atoms with Crippen LogP contribution in [-0.2, 0) is 12.7 Å². The molecular formula is C20H20F4N2O. The molecule has 27 heavy (non-hydrogen) atoms. The van der Waals surface area contributed by atoms with Crippen LogP contribution in [-0.4, -0.2) is 23.9 Å². The van der Waals surface area contributed by atoms with Gasteiger partial charge < -0.3 is 5.32 Å². The summed E-state index contributed by atoms with van der Waals surface area (Å²) in [5.74, 6) is -1.98. The number of carbonyl (C=O) groups excluding carboxylic acids is 1. The van der Waals surface area contributed by atoms with Gasteiger partial charge in [0.2, 0.25) is 0 Å². The molecule has 1 saturated heterocycles. The number of nitrogens with one attached hydrogen (secondary N) is 1. The van der Waals surface area contributed by atoms with Gasteiger partial charge in [0.15, 0.2) is 0 Å². The van der Waals surface area contributed by atoms with Gasteiger partial charge >= 0.3 is 6.18 Å². The highest BCUT2D eigenvalue weighted by molar-refractivity contribution is 6.04. The molecule has 0 saturated carbocycles. The van der Waals surface area contributed by atoms with Crippen molar-refractivity contribution < 1.29 is 22.4 Å². The van der Waals surface area contributed by atoms with E-state index >= 15 is 0 Å². The molecule has 0 radical (unpaired) electrons. The molecule has 1 amide bonds. The lowest BCUT2D eigenvalue weighted by Gasteiger charge is -2.26. The van der Waals surface area contributed by atoms with Crippen LogP contribution < -0.4 is 5.32 Å². The lowest BCUT2D eigenvalue weighted by molar-refractivity contribution is -0.137. The molecule has 2 aromatic rings. The third-order valence-corrected chi connectivity index (χ3v) is 4.58. The van der Waals surface area contributed by atoms with Crippen molar-refractivity contribution in [2.75, 3.05) is 18.4 Å². The summed E-state index contributed by atoms with van der Waals surface area (Å²) in [5.41, 5.74) is -0.0547. The number of anilines is 1.